The van der Waals surface area contributed by atoms with Gasteiger partial charge in [0.05, 0.1) is 10.7 Å². The van der Waals surface area contributed by atoms with Crippen molar-refractivity contribution in [2.75, 3.05) is 13.1 Å². The molecule has 1 saturated heterocycles. The van der Waals surface area contributed by atoms with E-state index in [-0.39, 0.29) is 0 Å². The number of nitrogens with zero attached hydrogens (tertiary/aromatic N) is 1. The first kappa shape index (κ1) is 11.9. The minimum Gasteiger partial charge on any atom is -0.360 e. The molecule has 2 aromatic rings. The molecule has 1 atom stereocenters. The van der Waals surface area contributed by atoms with Crippen molar-refractivity contribution in [3.63, 3.8) is 0 Å². The molecule has 0 saturated carbocycles. The number of aromatic amines is 1. The van der Waals surface area contributed by atoms with Crippen LogP contribution >= 0.6 is 11.3 Å². The molecule has 0 bridgehead atoms. The Kier molecular flexibility index (Phi) is 3.48. The van der Waals surface area contributed by atoms with Crippen LogP contribution in [-0.2, 0) is 6.42 Å². The highest BCUT2D eigenvalue weighted by Gasteiger charge is 2.17. The Hall–Kier alpha value is -1.13. The third kappa shape index (κ3) is 2.49. The molecule has 0 radical (unpaired) electrons. The fraction of sp³-hybridized carbons (Fsp3) is 0.500. The molecule has 96 valence electrons. The summed E-state index contributed by atoms with van der Waals surface area (Å²) in [7, 11) is 0. The number of aromatic nitrogens is 2. The number of H-pyrrole nitrogens is 1. The molecule has 4 heteroatoms. The quantitative estimate of drug-likeness (QED) is 0.891. The van der Waals surface area contributed by atoms with E-state index in [1.807, 2.05) is 23.6 Å². The molecule has 2 N–H and O–H groups in total. The van der Waals surface area contributed by atoms with Crippen molar-refractivity contribution >= 4 is 11.3 Å². The number of hydrogen-bond acceptors (Lipinski definition) is 3. The van der Waals surface area contributed by atoms with Gasteiger partial charge in [0.25, 0.3) is 0 Å². The molecule has 0 aromatic carbocycles. The van der Waals surface area contributed by atoms with Gasteiger partial charge in [0, 0.05) is 17.5 Å². The highest BCUT2D eigenvalue weighted by atomic mass is 32.1. The molecule has 1 aliphatic heterocycles. The Morgan fingerprint density at radius 3 is 3.17 bits per heavy atom. The molecule has 1 unspecified atom stereocenters. The first-order chi connectivity index (χ1) is 8.83. The fourth-order valence-electron chi connectivity index (χ4n) is 2.61. The lowest BCUT2D eigenvalue weighted by Gasteiger charge is -2.21. The topological polar surface area (TPSA) is 40.7 Å². The molecule has 3 rings (SSSR count). The minimum atomic E-state index is 0.765. The van der Waals surface area contributed by atoms with Crippen molar-refractivity contribution in [2.45, 2.75) is 26.2 Å². The van der Waals surface area contributed by atoms with Crippen molar-refractivity contribution in [1.82, 2.24) is 15.3 Å². The molecule has 2 aromatic heterocycles. The Morgan fingerprint density at radius 1 is 1.50 bits per heavy atom. The van der Waals surface area contributed by atoms with Crippen molar-refractivity contribution in [1.29, 1.82) is 0 Å². The van der Waals surface area contributed by atoms with E-state index < -0.39 is 0 Å². The number of aryl methyl sites for hydroxylation is 1. The molecule has 3 heterocycles. The first-order valence-electron chi connectivity index (χ1n) is 6.63. The van der Waals surface area contributed by atoms with Crippen molar-refractivity contribution in [2.24, 2.45) is 5.92 Å². The highest BCUT2D eigenvalue weighted by molar-refractivity contribution is 7.12. The number of thiazole rings is 1. The maximum atomic E-state index is 4.81. The van der Waals surface area contributed by atoms with E-state index >= 15 is 0 Å². The van der Waals surface area contributed by atoms with E-state index in [1.165, 1.54) is 29.3 Å². The summed E-state index contributed by atoms with van der Waals surface area (Å²) in [5, 5.41) is 4.76. The summed E-state index contributed by atoms with van der Waals surface area (Å²) in [5.41, 5.74) is 2.26. The van der Waals surface area contributed by atoms with Crippen LogP contribution in [0.4, 0.5) is 0 Å². The van der Waals surface area contributed by atoms with E-state index in [0.29, 0.717) is 0 Å². The summed E-state index contributed by atoms with van der Waals surface area (Å²) in [6, 6.07) is 4.12. The average molecular weight is 261 g/mol. The van der Waals surface area contributed by atoms with Crippen LogP contribution in [0.15, 0.2) is 18.3 Å². The van der Waals surface area contributed by atoms with Gasteiger partial charge in [-0.05, 0) is 50.9 Å². The Morgan fingerprint density at radius 2 is 2.44 bits per heavy atom. The molecular formula is C14H19N3S. The summed E-state index contributed by atoms with van der Waals surface area (Å²) in [6.45, 7) is 4.49. The van der Waals surface area contributed by atoms with Gasteiger partial charge < -0.3 is 10.3 Å². The van der Waals surface area contributed by atoms with E-state index in [1.54, 1.807) is 0 Å². The largest absolute Gasteiger partial charge is 0.360 e. The second kappa shape index (κ2) is 5.24. The number of rotatable bonds is 3. The molecule has 1 fully saturated rings. The predicted molar refractivity (Wildman–Crippen MR) is 75.9 cm³/mol. The molecule has 1 aliphatic rings. The zero-order chi connectivity index (χ0) is 12.4. The lowest BCUT2D eigenvalue weighted by molar-refractivity contribution is 0.376. The van der Waals surface area contributed by atoms with Gasteiger partial charge in [0.15, 0.2) is 0 Å². The molecule has 0 amide bonds. The maximum absolute atomic E-state index is 4.81. The molecule has 18 heavy (non-hydrogen) atoms. The van der Waals surface area contributed by atoms with Crippen LogP contribution in [0.5, 0.6) is 0 Å². The van der Waals surface area contributed by atoms with Crippen LogP contribution in [0.3, 0.4) is 0 Å². The summed E-state index contributed by atoms with van der Waals surface area (Å²) >= 11 is 1.85. The van der Waals surface area contributed by atoms with Crippen LogP contribution < -0.4 is 5.32 Å². The van der Waals surface area contributed by atoms with Crippen LogP contribution in [0, 0.1) is 12.8 Å². The number of hydrogen-bond donors (Lipinski definition) is 2. The second-order valence-electron chi connectivity index (χ2n) is 5.01. The lowest BCUT2D eigenvalue weighted by atomic mass is 9.97. The van der Waals surface area contributed by atoms with Crippen LogP contribution in [0.1, 0.15) is 22.7 Å². The third-order valence-corrected chi connectivity index (χ3v) is 4.55. The van der Waals surface area contributed by atoms with E-state index in [2.05, 4.69) is 23.3 Å². The SMILES string of the molecule is Cc1sc(CC2CCCNC2)nc1-c1ccc[nH]1. The highest BCUT2D eigenvalue weighted by Crippen LogP contribution is 2.28. The molecule has 0 spiro atoms. The monoisotopic (exact) mass is 261 g/mol. The smallest absolute Gasteiger partial charge is 0.101 e. The van der Waals surface area contributed by atoms with Gasteiger partial charge in [-0.1, -0.05) is 0 Å². The Balaban J connectivity index is 1.75. The molecule has 0 aliphatic carbocycles. The van der Waals surface area contributed by atoms with E-state index in [9.17, 15) is 0 Å². The minimum absolute atomic E-state index is 0.765. The van der Waals surface area contributed by atoms with Gasteiger partial charge in [-0.25, -0.2) is 4.98 Å². The zero-order valence-corrected chi connectivity index (χ0v) is 11.5. The standard InChI is InChI=1S/C14H19N3S/c1-10-14(12-5-3-7-16-12)17-13(18-10)8-11-4-2-6-15-9-11/h3,5,7,11,15-16H,2,4,6,8-9H2,1H3. The van der Waals surface area contributed by atoms with E-state index in [4.69, 9.17) is 4.98 Å². The average Bonchev–Trinajstić information content (AvgIpc) is 3.00. The summed E-state index contributed by atoms with van der Waals surface area (Å²) in [4.78, 5) is 9.36. The Bertz CT molecular complexity index is 495. The van der Waals surface area contributed by atoms with Crippen LogP contribution in [0.2, 0.25) is 0 Å². The summed E-state index contributed by atoms with van der Waals surface area (Å²) in [6.07, 6.45) is 5.72. The van der Waals surface area contributed by atoms with Gasteiger partial charge in [-0.3, -0.25) is 0 Å². The third-order valence-electron chi connectivity index (χ3n) is 3.56. The lowest BCUT2D eigenvalue weighted by Crippen LogP contribution is -2.30. The first-order valence-corrected chi connectivity index (χ1v) is 7.45. The van der Waals surface area contributed by atoms with E-state index in [0.717, 1.165) is 30.3 Å². The normalized spacial score (nSPS) is 20.2. The van der Waals surface area contributed by atoms with Crippen molar-refractivity contribution < 1.29 is 0 Å². The molecule has 3 nitrogen and oxygen atoms in total. The van der Waals surface area contributed by atoms with Gasteiger partial charge in [-0.2, -0.15) is 0 Å². The van der Waals surface area contributed by atoms with Crippen molar-refractivity contribution in [3.05, 3.63) is 28.2 Å². The second-order valence-corrected chi connectivity index (χ2v) is 6.30. The van der Waals surface area contributed by atoms with Crippen molar-refractivity contribution in [3.8, 4) is 11.4 Å². The fourth-order valence-corrected chi connectivity index (χ4v) is 3.67. The van der Waals surface area contributed by atoms with Gasteiger partial charge in [-0.15, -0.1) is 11.3 Å². The van der Waals surface area contributed by atoms with Gasteiger partial charge >= 0.3 is 0 Å². The number of piperidine rings is 1. The van der Waals surface area contributed by atoms with Gasteiger partial charge in [0.1, 0.15) is 5.69 Å². The zero-order valence-electron chi connectivity index (χ0n) is 10.7. The van der Waals surface area contributed by atoms with Crippen LogP contribution in [0.25, 0.3) is 11.4 Å². The summed E-state index contributed by atoms with van der Waals surface area (Å²) in [5.74, 6) is 0.765. The maximum Gasteiger partial charge on any atom is 0.101 e. The Labute approximate surface area is 112 Å². The summed E-state index contributed by atoms with van der Waals surface area (Å²) < 4.78 is 0. The molecular weight excluding hydrogens is 242 g/mol. The van der Waals surface area contributed by atoms with Gasteiger partial charge in [0.2, 0.25) is 0 Å². The predicted octanol–water partition coefficient (Wildman–Crippen LogP) is 2.99. The van der Waals surface area contributed by atoms with Crippen LogP contribution in [-0.4, -0.2) is 23.1 Å². The number of nitrogens with one attached hydrogen (secondary N) is 2.